The van der Waals surface area contributed by atoms with Crippen LogP contribution in [0.3, 0.4) is 0 Å². The summed E-state index contributed by atoms with van der Waals surface area (Å²) in [6, 6.07) is 14.0. The van der Waals surface area contributed by atoms with E-state index in [1.54, 1.807) is 4.90 Å². The van der Waals surface area contributed by atoms with Gasteiger partial charge in [-0.2, -0.15) is 15.0 Å². The average Bonchev–Trinajstić information content (AvgIpc) is 2.46. The van der Waals surface area contributed by atoms with Crippen LogP contribution < -0.4 is 15.4 Å². The fourth-order valence-electron chi connectivity index (χ4n) is 1.94. The molecule has 0 amide bonds. The normalized spacial score (nSPS) is 10.6. The van der Waals surface area contributed by atoms with Gasteiger partial charge in [0.2, 0.25) is 11.9 Å². The van der Waals surface area contributed by atoms with Crippen LogP contribution in [-0.4, -0.2) is 29.0 Å². The second-order valence-corrected chi connectivity index (χ2v) is 4.78. The number of benzene rings is 2. The number of nitrogen functional groups attached to an aromatic ring is 1. The van der Waals surface area contributed by atoms with Crippen molar-refractivity contribution in [1.29, 1.82) is 0 Å². The van der Waals surface area contributed by atoms with E-state index in [0.717, 1.165) is 10.8 Å². The maximum atomic E-state index is 5.69. The molecule has 6 heteroatoms. The summed E-state index contributed by atoms with van der Waals surface area (Å²) >= 11 is 0. The van der Waals surface area contributed by atoms with Crippen LogP contribution in [-0.2, 0) is 0 Å². The maximum absolute atomic E-state index is 5.69. The molecule has 6 nitrogen and oxygen atoms in total. The van der Waals surface area contributed by atoms with Crippen LogP contribution in [0.25, 0.3) is 10.8 Å². The third-order valence-electron chi connectivity index (χ3n) is 2.95. The van der Waals surface area contributed by atoms with E-state index in [2.05, 4.69) is 15.0 Å². The van der Waals surface area contributed by atoms with E-state index in [1.807, 2.05) is 56.6 Å². The van der Waals surface area contributed by atoms with Crippen molar-refractivity contribution in [3.05, 3.63) is 42.5 Å². The minimum Gasteiger partial charge on any atom is -0.424 e. The molecule has 0 saturated heterocycles. The van der Waals surface area contributed by atoms with Crippen LogP contribution in [0, 0.1) is 0 Å². The standard InChI is InChI=1S/C15H15N5O/c1-20(2)14-17-13(16)18-15(19-14)21-12-8-7-10-5-3-4-6-11(10)9-12/h3-9H,1-2H3,(H2,16,17,18,19). The zero-order chi connectivity index (χ0) is 14.8. The van der Waals surface area contributed by atoms with Crippen molar-refractivity contribution in [3.63, 3.8) is 0 Å². The lowest BCUT2D eigenvalue weighted by molar-refractivity contribution is 0.441. The van der Waals surface area contributed by atoms with Crippen LogP contribution in [0.2, 0.25) is 0 Å². The largest absolute Gasteiger partial charge is 0.424 e. The molecular formula is C15H15N5O. The summed E-state index contributed by atoms with van der Waals surface area (Å²) in [6.07, 6.45) is 0. The number of fused-ring (bicyclic) bond motifs is 1. The van der Waals surface area contributed by atoms with Crippen LogP contribution in [0.15, 0.2) is 42.5 Å². The third kappa shape index (κ3) is 2.84. The average molecular weight is 281 g/mol. The molecule has 0 spiro atoms. The highest BCUT2D eigenvalue weighted by Crippen LogP contribution is 2.24. The van der Waals surface area contributed by atoms with Gasteiger partial charge in [-0.25, -0.2) is 0 Å². The zero-order valence-corrected chi connectivity index (χ0v) is 11.8. The zero-order valence-electron chi connectivity index (χ0n) is 11.8. The Hall–Kier alpha value is -2.89. The first kappa shape index (κ1) is 13.1. The van der Waals surface area contributed by atoms with Gasteiger partial charge in [-0.3, -0.25) is 0 Å². The maximum Gasteiger partial charge on any atom is 0.328 e. The number of anilines is 2. The fourth-order valence-corrected chi connectivity index (χ4v) is 1.94. The van der Waals surface area contributed by atoms with Crippen molar-refractivity contribution < 1.29 is 4.74 Å². The van der Waals surface area contributed by atoms with Crippen LogP contribution >= 0.6 is 0 Å². The molecule has 3 aromatic rings. The monoisotopic (exact) mass is 281 g/mol. The van der Waals surface area contributed by atoms with Gasteiger partial charge in [0.05, 0.1) is 0 Å². The van der Waals surface area contributed by atoms with Crippen molar-refractivity contribution in [2.75, 3.05) is 24.7 Å². The summed E-state index contributed by atoms with van der Waals surface area (Å²) in [5.41, 5.74) is 5.67. The first-order chi connectivity index (χ1) is 10.1. The van der Waals surface area contributed by atoms with Crippen LogP contribution in [0.1, 0.15) is 0 Å². The van der Waals surface area contributed by atoms with E-state index in [-0.39, 0.29) is 12.0 Å². The molecule has 0 aliphatic rings. The number of hydrogen-bond acceptors (Lipinski definition) is 6. The van der Waals surface area contributed by atoms with Gasteiger partial charge in [0.25, 0.3) is 0 Å². The van der Waals surface area contributed by atoms with Gasteiger partial charge in [-0.05, 0) is 22.9 Å². The summed E-state index contributed by atoms with van der Waals surface area (Å²) in [7, 11) is 3.66. The number of nitrogens with two attached hydrogens (primary N) is 1. The third-order valence-corrected chi connectivity index (χ3v) is 2.95. The highest BCUT2D eigenvalue weighted by molar-refractivity contribution is 5.83. The van der Waals surface area contributed by atoms with E-state index < -0.39 is 0 Å². The van der Waals surface area contributed by atoms with Crippen molar-refractivity contribution in [2.45, 2.75) is 0 Å². The second kappa shape index (κ2) is 5.24. The van der Waals surface area contributed by atoms with Crippen molar-refractivity contribution in [2.24, 2.45) is 0 Å². The Bertz CT molecular complexity index is 788. The molecule has 1 heterocycles. The van der Waals surface area contributed by atoms with E-state index in [9.17, 15) is 0 Å². The first-order valence-corrected chi connectivity index (χ1v) is 6.47. The first-order valence-electron chi connectivity index (χ1n) is 6.47. The molecule has 106 valence electrons. The number of hydrogen-bond donors (Lipinski definition) is 1. The molecule has 0 unspecified atom stereocenters. The predicted octanol–water partition coefficient (Wildman–Crippen LogP) is 2.47. The molecule has 0 aliphatic carbocycles. The van der Waals surface area contributed by atoms with E-state index in [4.69, 9.17) is 10.5 Å². The summed E-state index contributed by atoms with van der Waals surface area (Å²) in [6.45, 7) is 0. The number of nitrogens with zero attached hydrogens (tertiary/aromatic N) is 4. The molecule has 0 saturated carbocycles. The van der Waals surface area contributed by atoms with Gasteiger partial charge in [-0.1, -0.05) is 30.3 Å². The lowest BCUT2D eigenvalue weighted by Gasteiger charge is -2.11. The smallest absolute Gasteiger partial charge is 0.328 e. The lowest BCUT2D eigenvalue weighted by atomic mass is 10.1. The highest BCUT2D eigenvalue weighted by Gasteiger charge is 2.08. The van der Waals surface area contributed by atoms with E-state index >= 15 is 0 Å². The quantitative estimate of drug-likeness (QED) is 0.794. The summed E-state index contributed by atoms with van der Waals surface area (Å²) in [5, 5.41) is 2.24. The van der Waals surface area contributed by atoms with Crippen molar-refractivity contribution >= 4 is 22.7 Å². The van der Waals surface area contributed by atoms with Gasteiger partial charge in [0.15, 0.2) is 0 Å². The Kier molecular flexibility index (Phi) is 3.27. The Balaban J connectivity index is 1.94. The Morgan fingerprint density at radius 1 is 0.952 bits per heavy atom. The van der Waals surface area contributed by atoms with Crippen molar-refractivity contribution in [3.8, 4) is 11.8 Å². The predicted molar refractivity (Wildman–Crippen MR) is 82.6 cm³/mol. The van der Waals surface area contributed by atoms with Crippen LogP contribution in [0.5, 0.6) is 11.8 Å². The van der Waals surface area contributed by atoms with E-state index in [0.29, 0.717) is 11.7 Å². The Morgan fingerprint density at radius 2 is 1.71 bits per heavy atom. The second-order valence-electron chi connectivity index (χ2n) is 4.78. The minimum absolute atomic E-state index is 0.129. The molecule has 0 atom stereocenters. The molecule has 3 rings (SSSR count). The van der Waals surface area contributed by atoms with Gasteiger partial charge < -0.3 is 15.4 Å². The number of aromatic nitrogens is 3. The number of ether oxygens (including phenoxy) is 1. The van der Waals surface area contributed by atoms with Crippen LogP contribution in [0.4, 0.5) is 11.9 Å². The minimum atomic E-state index is 0.129. The molecule has 2 aromatic carbocycles. The van der Waals surface area contributed by atoms with Gasteiger partial charge in [0, 0.05) is 14.1 Å². The summed E-state index contributed by atoms with van der Waals surface area (Å²) in [5.74, 6) is 1.24. The van der Waals surface area contributed by atoms with Gasteiger partial charge in [-0.15, -0.1) is 0 Å². The molecule has 0 radical (unpaired) electrons. The molecule has 0 fully saturated rings. The summed E-state index contributed by atoms with van der Waals surface area (Å²) < 4.78 is 5.69. The van der Waals surface area contributed by atoms with Gasteiger partial charge in [0.1, 0.15) is 5.75 Å². The molecule has 2 N–H and O–H groups in total. The fraction of sp³-hybridized carbons (Fsp3) is 0.133. The molecule has 0 aliphatic heterocycles. The van der Waals surface area contributed by atoms with Crippen molar-refractivity contribution in [1.82, 2.24) is 15.0 Å². The highest BCUT2D eigenvalue weighted by atomic mass is 16.5. The van der Waals surface area contributed by atoms with Gasteiger partial charge >= 0.3 is 6.01 Å². The Labute approximate surface area is 122 Å². The topological polar surface area (TPSA) is 77.2 Å². The molecule has 21 heavy (non-hydrogen) atoms. The lowest BCUT2D eigenvalue weighted by Crippen LogP contribution is -2.15. The SMILES string of the molecule is CN(C)c1nc(N)nc(Oc2ccc3ccccc3c2)n1. The number of rotatable bonds is 3. The Morgan fingerprint density at radius 3 is 2.48 bits per heavy atom. The molecular weight excluding hydrogens is 266 g/mol. The molecule has 0 bridgehead atoms. The van der Waals surface area contributed by atoms with E-state index in [1.165, 1.54) is 0 Å². The summed E-state index contributed by atoms with van der Waals surface area (Å²) in [4.78, 5) is 14.0. The molecule has 1 aromatic heterocycles.